The van der Waals surface area contributed by atoms with E-state index in [4.69, 9.17) is 27.7 Å². The summed E-state index contributed by atoms with van der Waals surface area (Å²) in [6, 6.07) is 11.8. The van der Waals surface area contributed by atoms with Gasteiger partial charge in [-0.05, 0) is 42.3 Å². The molecule has 3 rings (SSSR count). The van der Waals surface area contributed by atoms with Crippen molar-refractivity contribution in [1.29, 1.82) is 5.26 Å². The van der Waals surface area contributed by atoms with Gasteiger partial charge in [-0.2, -0.15) is 5.26 Å². The molecule has 0 fully saturated rings. The van der Waals surface area contributed by atoms with Gasteiger partial charge in [0.05, 0.1) is 22.3 Å². The highest BCUT2D eigenvalue weighted by Crippen LogP contribution is 2.38. The van der Waals surface area contributed by atoms with Gasteiger partial charge in [-0.15, -0.1) is 0 Å². The molecule has 0 amide bonds. The lowest BCUT2D eigenvalue weighted by Gasteiger charge is -2.14. The molecule has 0 saturated heterocycles. The predicted molar refractivity (Wildman–Crippen MR) is 103 cm³/mol. The molecule has 27 heavy (non-hydrogen) atoms. The zero-order valence-corrected chi connectivity index (χ0v) is 15.7. The Bertz CT molecular complexity index is 1200. The normalized spacial score (nSPS) is 11.2. The summed E-state index contributed by atoms with van der Waals surface area (Å²) < 4.78 is 24.1. The van der Waals surface area contributed by atoms with E-state index < -0.39 is 10.0 Å². The van der Waals surface area contributed by atoms with E-state index in [1.165, 1.54) is 12.3 Å². The minimum Gasteiger partial charge on any atom is -0.368 e. The van der Waals surface area contributed by atoms with Gasteiger partial charge in [0, 0.05) is 17.3 Å². The average molecular weight is 400 g/mol. The third-order valence-electron chi connectivity index (χ3n) is 3.96. The van der Waals surface area contributed by atoms with Gasteiger partial charge < -0.3 is 5.73 Å². The Morgan fingerprint density at radius 3 is 2.52 bits per heavy atom. The van der Waals surface area contributed by atoms with Crippen LogP contribution in [0.4, 0.5) is 5.95 Å². The molecule has 0 bridgehead atoms. The Balaban J connectivity index is 2.35. The molecular formula is C18H14ClN5O2S. The van der Waals surface area contributed by atoms with E-state index in [0.717, 1.165) is 0 Å². The first-order chi connectivity index (χ1) is 12.7. The van der Waals surface area contributed by atoms with Gasteiger partial charge in [0.1, 0.15) is 4.90 Å². The maximum atomic E-state index is 12.1. The smallest absolute Gasteiger partial charge is 0.239 e. The van der Waals surface area contributed by atoms with E-state index in [-0.39, 0.29) is 15.9 Å². The second-order valence-electron chi connectivity index (χ2n) is 5.80. The van der Waals surface area contributed by atoms with Crippen molar-refractivity contribution in [2.75, 3.05) is 5.73 Å². The summed E-state index contributed by atoms with van der Waals surface area (Å²) in [6.07, 6.45) is 1.50. The van der Waals surface area contributed by atoms with Crippen molar-refractivity contribution in [2.24, 2.45) is 5.14 Å². The van der Waals surface area contributed by atoms with Gasteiger partial charge in [-0.25, -0.2) is 23.5 Å². The summed E-state index contributed by atoms with van der Waals surface area (Å²) in [5.74, 6) is 0.110. The summed E-state index contributed by atoms with van der Waals surface area (Å²) in [5, 5.41) is 14.5. The molecule has 1 heterocycles. The summed E-state index contributed by atoms with van der Waals surface area (Å²) in [6.45, 7) is 1.73. The molecule has 0 saturated carbocycles. The largest absolute Gasteiger partial charge is 0.368 e. The first-order valence-corrected chi connectivity index (χ1v) is 9.59. The van der Waals surface area contributed by atoms with E-state index in [0.29, 0.717) is 33.5 Å². The van der Waals surface area contributed by atoms with Gasteiger partial charge in [0.25, 0.3) is 0 Å². The van der Waals surface area contributed by atoms with Crippen molar-refractivity contribution >= 4 is 27.6 Å². The maximum absolute atomic E-state index is 12.1. The molecular weight excluding hydrogens is 386 g/mol. The van der Waals surface area contributed by atoms with Gasteiger partial charge in [-0.1, -0.05) is 23.7 Å². The standard InChI is InChI=1S/C18H14ClN5O2S/c1-10-15(9-23-18(21)24-10)13-6-14(12-4-2-3-11(5-12)8-20)17(19)16(7-13)27(22,25)26/h2-7,9H,1H3,(H2,21,23,24)(H2,22,25,26). The zero-order valence-electron chi connectivity index (χ0n) is 14.1. The minimum absolute atomic E-state index is 0.0228. The number of nitrogens with zero attached hydrogens (tertiary/aromatic N) is 3. The van der Waals surface area contributed by atoms with Crippen molar-refractivity contribution in [3.63, 3.8) is 0 Å². The first-order valence-electron chi connectivity index (χ1n) is 7.67. The van der Waals surface area contributed by atoms with E-state index in [1.807, 2.05) is 6.07 Å². The molecule has 4 N–H and O–H groups in total. The van der Waals surface area contributed by atoms with E-state index in [9.17, 15) is 8.42 Å². The summed E-state index contributed by atoms with van der Waals surface area (Å²) >= 11 is 6.35. The van der Waals surface area contributed by atoms with Crippen LogP contribution in [0.3, 0.4) is 0 Å². The second kappa shape index (κ2) is 6.96. The number of rotatable bonds is 3. The first kappa shape index (κ1) is 18.8. The van der Waals surface area contributed by atoms with Crippen LogP contribution in [-0.4, -0.2) is 18.4 Å². The highest BCUT2D eigenvalue weighted by molar-refractivity contribution is 7.89. The average Bonchev–Trinajstić information content (AvgIpc) is 2.61. The predicted octanol–water partition coefficient (Wildman–Crippen LogP) is 2.87. The van der Waals surface area contributed by atoms with Crippen molar-refractivity contribution in [3.05, 3.63) is 58.9 Å². The minimum atomic E-state index is -4.09. The lowest BCUT2D eigenvalue weighted by Crippen LogP contribution is -2.13. The maximum Gasteiger partial charge on any atom is 0.239 e. The van der Waals surface area contributed by atoms with Crippen LogP contribution in [0.15, 0.2) is 47.5 Å². The van der Waals surface area contributed by atoms with E-state index in [1.54, 1.807) is 37.3 Å². The molecule has 0 radical (unpaired) electrons. The highest BCUT2D eigenvalue weighted by Gasteiger charge is 2.20. The zero-order chi connectivity index (χ0) is 19.8. The van der Waals surface area contributed by atoms with Gasteiger partial charge in [0.2, 0.25) is 16.0 Å². The molecule has 0 aliphatic carbocycles. The number of aryl methyl sites for hydroxylation is 1. The summed E-state index contributed by atoms with van der Waals surface area (Å²) in [4.78, 5) is 7.85. The molecule has 9 heteroatoms. The molecule has 0 unspecified atom stereocenters. The van der Waals surface area contributed by atoms with Crippen LogP contribution in [0.1, 0.15) is 11.3 Å². The third-order valence-corrected chi connectivity index (χ3v) is 5.41. The molecule has 3 aromatic rings. The molecule has 1 aromatic heterocycles. The number of aromatic nitrogens is 2. The number of anilines is 1. The van der Waals surface area contributed by atoms with Gasteiger partial charge in [0.15, 0.2) is 0 Å². The van der Waals surface area contributed by atoms with Crippen molar-refractivity contribution in [1.82, 2.24) is 9.97 Å². The SMILES string of the molecule is Cc1nc(N)ncc1-c1cc(-c2cccc(C#N)c2)c(Cl)c(S(N)(=O)=O)c1. The van der Waals surface area contributed by atoms with Crippen molar-refractivity contribution < 1.29 is 8.42 Å². The van der Waals surface area contributed by atoms with Crippen molar-refractivity contribution in [3.8, 4) is 28.3 Å². The summed E-state index contributed by atoms with van der Waals surface area (Å²) in [7, 11) is -4.09. The number of benzene rings is 2. The quantitative estimate of drug-likeness (QED) is 0.694. The van der Waals surface area contributed by atoms with Crippen molar-refractivity contribution in [2.45, 2.75) is 11.8 Å². The van der Waals surface area contributed by atoms with Crippen LogP contribution in [-0.2, 0) is 10.0 Å². The number of halogens is 1. The van der Waals surface area contributed by atoms with Gasteiger partial charge in [-0.3, -0.25) is 0 Å². The molecule has 7 nitrogen and oxygen atoms in total. The fourth-order valence-electron chi connectivity index (χ4n) is 2.70. The number of sulfonamides is 1. The fourth-order valence-corrected chi connectivity index (χ4v) is 3.89. The number of nitrogen functional groups attached to an aromatic ring is 1. The molecule has 0 aliphatic rings. The Hall–Kier alpha value is -2.99. The number of nitrogens with two attached hydrogens (primary N) is 2. The van der Waals surface area contributed by atoms with Crippen LogP contribution in [0.5, 0.6) is 0 Å². The third kappa shape index (κ3) is 3.75. The number of primary sulfonamides is 1. The Morgan fingerprint density at radius 1 is 1.15 bits per heavy atom. The molecule has 0 atom stereocenters. The molecule has 0 spiro atoms. The van der Waals surface area contributed by atoms with Crippen LogP contribution in [0.2, 0.25) is 5.02 Å². The van der Waals surface area contributed by atoms with Crippen LogP contribution >= 0.6 is 11.6 Å². The Kier molecular flexibility index (Phi) is 4.85. The van der Waals surface area contributed by atoms with E-state index in [2.05, 4.69) is 9.97 Å². The Labute approximate surface area is 161 Å². The lowest BCUT2D eigenvalue weighted by molar-refractivity contribution is 0.598. The lowest BCUT2D eigenvalue weighted by atomic mass is 9.98. The topological polar surface area (TPSA) is 136 Å². The van der Waals surface area contributed by atoms with E-state index >= 15 is 0 Å². The highest BCUT2D eigenvalue weighted by atomic mass is 35.5. The number of hydrogen-bond acceptors (Lipinski definition) is 6. The fraction of sp³-hybridized carbons (Fsp3) is 0.0556. The molecule has 2 aromatic carbocycles. The molecule has 0 aliphatic heterocycles. The number of nitriles is 1. The number of hydrogen-bond donors (Lipinski definition) is 2. The summed E-state index contributed by atoms with van der Waals surface area (Å²) in [5.41, 5.74) is 8.68. The van der Waals surface area contributed by atoms with Crippen LogP contribution < -0.4 is 10.9 Å². The molecule has 136 valence electrons. The monoisotopic (exact) mass is 399 g/mol. The Morgan fingerprint density at radius 2 is 1.89 bits per heavy atom. The van der Waals surface area contributed by atoms with Gasteiger partial charge >= 0.3 is 0 Å². The van der Waals surface area contributed by atoms with Crippen LogP contribution in [0.25, 0.3) is 22.3 Å². The van der Waals surface area contributed by atoms with Crippen LogP contribution in [0, 0.1) is 18.3 Å². The second-order valence-corrected chi connectivity index (χ2v) is 7.71.